The molecular formula is C4H2CaO5. The minimum atomic E-state index is -2.00. The van der Waals surface area contributed by atoms with Crippen LogP contribution in [0.15, 0.2) is 0 Å². The standard InChI is InChI=1S/C4H4O5.Ca/c5-2(4(8)9)1-3(6)7;/h1H2,(H,6,7)(H,8,9);/q;+2/p-2. The predicted octanol–water partition coefficient (Wildman–Crippen LogP) is -3.94. The van der Waals surface area contributed by atoms with Crippen molar-refractivity contribution >= 4 is 55.5 Å². The van der Waals surface area contributed by atoms with Crippen LogP contribution in [-0.2, 0) is 14.4 Å². The first-order chi connectivity index (χ1) is 4.04. The summed E-state index contributed by atoms with van der Waals surface area (Å²) in [5.74, 6) is -5.20. The van der Waals surface area contributed by atoms with E-state index >= 15 is 0 Å². The van der Waals surface area contributed by atoms with Gasteiger partial charge in [0.15, 0.2) is 5.78 Å². The van der Waals surface area contributed by atoms with Crippen molar-refractivity contribution in [3.8, 4) is 0 Å². The molecule has 6 heteroatoms. The van der Waals surface area contributed by atoms with Gasteiger partial charge in [-0.05, 0) is 0 Å². The van der Waals surface area contributed by atoms with Gasteiger partial charge in [0.1, 0.15) is 5.97 Å². The van der Waals surface area contributed by atoms with E-state index < -0.39 is 24.1 Å². The maximum atomic E-state index is 9.87. The number of ketones is 1. The maximum Gasteiger partial charge on any atom is 2.00 e. The molecule has 0 N–H and O–H groups in total. The third-order valence-electron chi connectivity index (χ3n) is 0.533. The van der Waals surface area contributed by atoms with Crippen molar-refractivity contribution in [1.29, 1.82) is 0 Å². The van der Waals surface area contributed by atoms with E-state index in [2.05, 4.69) is 0 Å². The van der Waals surface area contributed by atoms with Gasteiger partial charge in [-0.25, -0.2) is 0 Å². The monoisotopic (exact) mass is 170 g/mol. The van der Waals surface area contributed by atoms with Gasteiger partial charge in [-0.1, -0.05) is 0 Å². The number of hydrogen-bond acceptors (Lipinski definition) is 5. The maximum absolute atomic E-state index is 9.87. The van der Waals surface area contributed by atoms with Crippen LogP contribution >= 0.6 is 0 Å². The number of rotatable bonds is 3. The summed E-state index contributed by atoms with van der Waals surface area (Å²) < 4.78 is 0. The van der Waals surface area contributed by atoms with E-state index in [1.54, 1.807) is 0 Å². The summed E-state index contributed by atoms with van der Waals surface area (Å²) in [4.78, 5) is 28.8. The number of carbonyl (C=O) groups excluding carboxylic acids is 3. The molecule has 0 fully saturated rings. The Bertz CT molecular complexity index is 163. The molecule has 0 aromatic rings. The normalized spacial score (nSPS) is 7.60. The number of carbonyl (C=O) groups is 3. The van der Waals surface area contributed by atoms with Crippen molar-refractivity contribution in [2.24, 2.45) is 0 Å². The smallest absolute Gasteiger partial charge is 0.550 e. The summed E-state index contributed by atoms with van der Waals surface area (Å²) in [7, 11) is 0. The fourth-order valence-corrected chi connectivity index (χ4v) is 0.203. The quantitative estimate of drug-likeness (QED) is 0.245. The zero-order valence-electron chi connectivity index (χ0n) is 4.96. The number of carboxylic acid groups (broad SMARTS) is 2. The first kappa shape index (κ1) is 12.5. The Hall–Kier alpha value is -0.130. The van der Waals surface area contributed by atoms with Gasteiger partial charge in [0.25, 0.3) is 0 Å². The van der Waals surface area contributed by atoms with Crippen LogP contribution in [0.1, 0.15) is 6.42 Å². The van der Waals surface area contributed by atoms with Crippen molar-refractivity contribution < 1.29 is 24.6 Å². The molecule has 0 bridgehead atoms. The molecule has 0 atom stereocenters. The average molecular weight is 170 g/mol. The fraction of sp³-hybridized carbons (Fsp3) is 0.250. The molecule has 0 unspecified atom stereocenters. The Kier molecular flexibility index (Phi) is 7.07. The zero-order valence-corrected chi connectivity index (χ0v) is 7.16. The van der Waals surface area contributed by atoms with E-state index in [1.165, 1.54) is 0 Å². The van der Waals surface area contributed by atoms with Gasteiger partial charge in [0.2, 0.25) is 0 Å². The van der Waals surface area contributed by atoms with Crippen LogP contribution in [0.4, 0.5) is 0 Å². The van der Waals surface area contributed by atoms with E-state index in [0.717, 1.165) is 0 Å². The second-order valence-electron chi connectivity index (χ2n) is 1.26. The molecule has 10 heavy (non-hydrogen) atoms. The summed E-state index contributed by atoms with van der Waals surface area (Å²) >= 11 is 0. The molecule has 0 spiro atoms. The molecule has 0 aromatic heterocycles. The van der Waals surface area contributed by atoms with Gasteiger partial charge in [0.05, 0.1) is 6.42 Å². The second kappa shape index (κ2) is 5.64. The first-order valence-corrected chi connectivity index (χ1v) is 1.98. The van der Waals surface area contributed by atoms with Crippen LogP contribution in [0.2, 0.25) is 0 Å². The van der Waals surface area contributed by atoms with Crippen molar-refractivity contribution in [3.63, 3.8) is 0 Å². The minimum Gasteiger partial charge on any atom is -0.550 e. The van der Waals surface area contributed by atoms with Crippen LogP contribution in [0.25, 0.3) is 0 Å². The van der Waals surface area contributed by atoms with Crippen molar-refractivity contribution in [3.05, 3.63) is 0 Å². The first-order valence-electron chi connectivity index (χ1n) is 1.98. The molecule has 0 rings (SSSR count). The van der Waals surface area contributed by atoms with Gasteiger partial charge >= 0.3 is 37.7 Å². The van der Waals surface area contributed by atoms with E-state index in [-0.39, 0.29) is 37.7 Å². The number of hydrogen-bond donors (Lipinski definition) is 0. The van der Waals surface area contributed by atoms with Gasteiger partial charge in [-0.2, -0.15) is 0 Å². The van der Waals surface area contributed by atoms with Crippen LogP contribution < -0.4 is 10.2 Å². The van der Waals surface area contributed by atoms with E-state index in [4.69, 9.17) is 0 Å². The number of Topliss-reactive ketones (excluding diaryl/α,β-unsaturated/α-hetero) is 1. The summed E-state index contributed by atoms with van der Waals surface area (Å²) in [6.45, 7) is 0. The van der Waals surface area contributed by atoms with E-state index in [0.29, 0.717) is 0 Å². The van der Waals surface area contributed by atoms with Gasteiger partial charge < -0.3 is 19.8 Å². The van der Waals surface area contributed by atoms with Crippen molar-refractivity contribution in [2.45, 2.75) is 6.42 Å². The second-order valence-corrected chi connectivity index (χ2v) is 1.26. The molecule has 0 amide bonds. The molecule has 0 saturated carbocycles. The molecule has 0 aliphatic rings. The Morgan fingerprint density at radius 1 is 1.10 bits per heavy atom. The Balaban J connectivity index is 0. The van der Waals surface area contributed by atoms with Crippen LogP contribution in [-0.4, -0.2) is 55.5 Å². The van der Waals surface area contributed by atoms with Gasteiger partial charge in [-0.3, -0.25) is 4.79 Å². The average Bonchev–Trinajstić information content (AvgIpc) is 1.63. The van der Waals surface area contributed by atoms with Gasteiger partial charge in [0, 0.05) is 5.97 Å². The predicted molar refractivity (Wildman–Crippen MR) is 25.4 cm³/mol. The van der Waals surface area contributed by atoms with Crippen LogP contribution in [0, 0.1) is 0 Å². The van der Waals surface area contributed by atoms with E-state index in [9.17, 15) is 24.6 Å². The molecule has 0 aliphatic heterocycles. The molecule has 5 nitrogen and oxygen atoms in total. The molecule has 0 aliphatic carbocycles. The van der Waals surface area contributed by atoms with Gasteiger partial charge in [-0.15, -0.1) is 0 Å². The zero-order chi connectivity index (χ0) is 7.44. The van der Waals surface area contributed by atoms with Crippen molar-refractivity contribution in [1.82, 2.24) is 0 Å². The molecule has 0 saturated heterocycles. The molecule has 0 heterocycles. The molecule has 0 radical (unpaired) electrons. The molecular weight excluding hydrogens is 168 g/mol. The topological polar surface area (TPSA) is 97.3 Å². The third-order valence-corrected chi connectivity index (χ3v) is 0.533. The third kappa shape index (κ3) is 6.00. The Morgan fingerprint density at radius 3 is 1.60 bits per heavy atom. The summed E-state index contributed by atoms with van der Waals surface area (Å²) in [5.41, 5.74) is 0. The van der Waals surface area contributed by atoms with E-state index in [1.807, 2.05) is 0 Å². The number of carboxylic acids is 2. The Labute approximate surface area is 86.0 Å². The minimum absolute atomic E-state index is 0. The molecule has 0 aromatic carbocycles. The number of aliphatic carboxylic acids is 2. The largest absolute Gasteiger partial charge is 2.00 e. The van der Waals surface area contributed by atoms with Crippen LogP contribution in [0.3, 0.4) is 0 Å². The van der Waals surface area contributed by atoms with Crippen LogP contribution in [0.5, 0.6) is 0 Å². The summed E-state index contributed by atoms with van der Waals surface area (Å²) in [6.07, 6.45) is -1.12. The summed E-state index contributed by atoms with van der Waals surface area (Å²) in [5, 5.41) is 19.0. The molecule has 50 valence electrons. The summed E-state index contributed by atoms with van der Waals surface area (Å²) in [6, 6.07) is 0. The Morgan fingerprint density at radius 2 is 1.50 bits per heavy atom. The SMILES string of the molecule is O=C([O-])CC(=O)C(=O)[O-].[Ca+2]. The fourth-order valence-electron chi connectivity index (χ4n) is 0.203. The van der Waals surface area contributed by atoms with Crippen molar-refractivity contribution in [2.75, 3.05) is 0 Å².